The van der Waals surface area contributed by atoms with Crippen LogP contribution in [0.2, 0.25) is 0 Å². The summed E-state index contributed by atoms with van der Waals surface area (Å²) >= 11 is 0. The summed E-state index contributed by atoms with van der Waals surface area (Å²) in [5.74, 6) is 0.676. The normalized spacial score (nSPS) is 13.2. The van der Waals surface area contributed by atoms with Crippen LogP contribution >= 0.6 is 0 Å². The molecule has 4 nitrogen and oxygen atoms in total. The molecule has 0 aliphatic heterocycles. The van der Waals surface area contributed by atoms with Gasteiger partial charge >= 0.3 is 0 Å². The maximum atomic E-state index is 8.97. The third-order valence-electron chi connectivity index (χ3n) is 2.69. The zero-order chi connectivity index (χ0) is 11.5. The molecule has 0 bridgehead atoms. The van der Waals surface area contributed by atoms with Crippen molar-refractivity contribution in [2.45, 2.75) is 19.4 Å². The summed E-state index contributed by atoms with van der Waals surface area (Å²) in [4.78, 5) is 4.29. The first-order valence-corrected chi connectivity index (χ1v) is 5.40. The molecule has 2 aromatic rings. The Kier molecular flexibility index (Phi) is 3.22. The number of oxazole rings is 1. The van der Waals surface area contributed by atoms with Crippen molar-refractivity contribution >= 4 is 11.1 Å². The van der Waals surface area contributed by atoms with Gasteiger partial charge in [0.25, 0.3) is 0 Å². The first kappa shape index (κ1) is 11.1. The summed E-state index contributed by atoms with van der Waals surface area (Å²) in [6.07, 6.45) is 0.693. The Balaban J connectivity index is 2.36. The Morgan fingerprint density at radius 2 is 2.31 bits per heavy atom. The van der Waals surface area contributed by atoms with E-state index in [0.29, 0.717) is 12.3 Å². The minimum atomic E-state index is 0.159. The highest BCUT2D eigenvalue weighted by Crippen LogP contribution is 2.22. The Morgan fingerprint density at radius 3 is 3.00 bits per heavy atom. The zero-order valence-electron chi connectivity index (χ0n) is 9.53. The van der Waals surface area contributed by atoms with Crippen LogP contribution in [0.3, 0.4) is 0 Å². The van der Waals surface area contributed by atoms with E-state index in [1.807, 2.05) is 32.2 Å². The molecule has 0 aliphatic carbocycles. The van der Waals surface area contributed by atoms with Gasteiger partial charge in [0, 0.05) is 19.6 Å². The number of aryl methyl sites for hydroxylation is 1. The van der Waals surface area contributed by atoms with Gasteiger partial charge in [-0.2, -0.15) is 0 Å². The molecule has 1 heterocycles. The smallest absolute Gasteiger partial charge is 0.192 e. The maximum Gasteiger partial charge on any atom is 0.192 e. The molecule has 4 heteroatoms. The molecule has 1 aromatic heterocycles. The number of rotatable bonds is 4. The summed E-state index contributed by atoms with van der Waals surface area (Å²) in [6, 6.07) is 6.09. The predicted octanol–water partition coefficient (Wildman–Crippen LogP) is 1.78. The van der Waals surface area contributed by atoms with Crippen molar-refractivity contribution in [2.24, 2.45) is 0 Å². The van der Waals surface area contributed by atoms with Gasteiger partial charge in [-0.05, 0) is 31.2 Å². The van der Waals surface area contributed by atoms with Gasteiger partial charge in [-0.15, -0.1) is 0 Å². The first-order chi connectivity index (χ1) is 7.74. The number of aromatic nitrogens is 1. The highest BCUT2D eigenvalue weighted by Gasteiger charge is 2.10. The lowest BCUT2D eigenvalue weighted by atomic mass is 10.0. The molecule has 0 saturated carbocycles. The van der Waals surface area contributed by atoms with Crippen molar-refractivity contribution in [3.63, 3.8) is 0 Å². The van der Waals surface area contributed by atoms with Crippen LogP contribution < -0.4 is 5.32 Å². The van der Waals surface area contributed by atoms with Crippen LogP contribution in [0.1, 0.15) is 23.9 Å². The molecule has 0 aliphatic rings. The fourth-order valence-electron chi connectivity index (χ4n) is 1.88. The van der Waals surface area contributed by atoms with Gasteiger partial charge in [0.05, 0.1) is 0 Å². The standard InChI is InChI=1S/C12H16N2O2/c1-8-14-11-7-9(3-4-12(11)16-8)10(13-2)5-6-15/h3-4,7,10,13,15H,5-6H2,1-2H3. The summed E-state index contributed by atoms with van der Waals surface area (Å²) < 4.78 is 5.42. The summed E-state index contributed by atoms with van der Waals surface area (Å²) in [5, 5.41) is 12.1. The lowest BCUT2D eigenvalue weighted by Crippen LogP contribution is -2.17. The number of hydrogen-bond acceptors (Lipinski definition) is 4. The molecule has 2 N–H and O–H groups in total. The van der Waals surface area contributed by atoms with Crippen LogP contribution in [0.4, 0.5) is 0 Å². The quantitative estimate of drug-likeness (QED) is 0.824. The fraction of sp³-hybridized carbons (Fsp3) is 0.417. The number of hydrogen-bond donors (Lipinski definition) is 2. The maximum absolute atomic E-state index is 8.97. The molecule has 0 radical (unpaired) electrons. The number of fused-ring (bicyclic) bond motifs is 1. The fourth-order valence-corrected chi connectivity index (χ4v) is 1.88. The molecule has 0 spiro atoms. The Labute approximate surface area is 94.3 Å². The summed E-state index contributed by atoms with van der Waals surface area (Å²) in [5.41, 5.74) is 2.80. The van der Waals surface area contributed by atoms with Crippen LogP contribution in [0.5, 0.6) is 0 Å². The van der Waals surface area contributed by atoms with Crippen molar-refractivity contribution in [3.8, 4) is 0 Å². The zero-order valence-corrected chi connectivity index (χ0v) is 9.53. The van der Waals surface area contributed by atoms with Gasteiger partial charge in [-0.3, -0.25) is 0 Å². The van der Waals surface area contributed by atoms with E-state index in [9.17, 15) is 0 Å². The minimum absolute atomic E-state index is 0.159. The van der Waals surface area contributed by atoms with Gasteiger partial charge < -0.3 is 14.8 Å². The molecule has 1 unspecified atom stereocenters. The van der Waals surface area contributed by atoms with Crippen LogP contribution in [0.25, 0.3) is 11.1 Å². The van der Waals surface area contributed by atoms with E-state index in [1.54, 1.807) is 0 Å². The third-order valence-corrected chi connectivity index (χ3v) is 2.69. The number of nitrogens with one attached hydrogen (secondary N) is 1. The van der Waals surface area contributed by atoms with E-state index in [2.05, 4.69) is 10.3 Å². The highest BCUT2D eigenvalue weighted by atomic mass is 16.3. The molecule has 16 heavy (non-hydrogen) atoms. The van der Waals surface area contributed by atoms with Crippen LogP contribution in [-0.4, -0.2) is 23.7 Å². The average molecular weight is 220 g/mol. The van der Waals surface area contributed by atoms with Crippen molar-refractivity contribution in [3.05, 3.63) is 29.7 Å². The second-order valence-electron chi connectivity index (χ2n) is 3.81. The molecule has 0 amide bonds. The SMILES string of the molecule is CNC(CCO)c1ccc2oc(C)nc2c1. The first-order valence-electron chi connectivity index (χ1n) is 5.40. The molecule has 86 valence electrons. The Bertz CT molecular complexity index is 479. The van der Waals surface area contributed by atoms with Crippen molar-refractivity contribution < 1.29 is 9.52 Å². The molecule has 0 fully saturated rings. The monoisotopic (exact) mass is 220 g/mol. The number of benzene rings is 1. The van der Waals surface area contributed by atoms with Crippen LogP contribution in [-0.2, 0) is 0 Å². The molecule has 1 aromatic carbocycles. The Hall–Kier alpha value is -1.39. The summed E-state index contributed by atoms with van der Waals surface area (Å²) in [6.45, 7) is 2.00. The third kappa shape index (κ3) is 2.08. The highest BCUT2D eigenvalue weighted by molar-refractivity contribution is 5.73. The summed E-state index contributed by atoms with van der Waals surface area (Å²) in [7, 11) is 1.89. The van der Waals surface area contributed by atoms with Gasteiger partial charge in [0.15, 0.2) is 11.5 Å². The predicted molar refractivity (Wildman–Crippen MR) is 62.2 cm³/mol. The topological polar surface area (TPSA) is 58.3 Å². The number of nitrogens with zero attached hydrogens (tertiary/aromatic N) is 1. The van der Waals surface area contributed by atoms with Crippen molar-refractivity contribution in [1.82, 2.24) is 10.3 Å². The largest absolute Gasteiger partial charge is 0.441 e. The van der Waals surface area contributed by atoms with Crippen molar-refractivity contribution in [2.75, 3.05) is 13.7 Å². The second kappa shape index (κ2) is 4.63. The number of aliphatic hydroxyl groups excluding tert-OH is 1. The molecule has 0 saturated heterocycles. The van der Waals surface area contributed by atoms with Gasteiger partial charge in [-0.25, -0.2) is 4.98 Å². The average Bonchev–Trinajstić information content (AvgIpc) is 2.64. The van der Waals surface area contributed by atoms with Gasteiger partial charge in [-0.1, -0.05) is 6.07 Å². The van der Waals surface area contributed by atoms with Gasteiger partial charge in [0.2, 0.25) is 0 Å². The lowest BCUT2D eigenvalue weighted by Gasteiger charge is -2.14. The van der Waals surface area contributed by atoms with Gasteiger partial charge in [0.1, 0.15) is 5.52 Å². The van der Waals surface area contributed by atoms with E-state index in [-0.39, 0.29) is 12.6 Å². The van der Waals surface area contributed by atoms with E-state index in [0.717, 1.165) is 16.7 Å². The lowest BCUT2D eigenvalue weighted by molar-refractivity contribution is 0.269. The molecular weight excluding hydrogens is 204 g/mol. The van der Waals surface area contributed by atoms with Crippen LogP contribution in [0.15, 0.2) is 22.6 Å². The molecular formula is C12H16N2O2. The van der Waals surface area contributed by atoms with E-state index in [1.165, 1.54) is 0 Å². The molecule has 1 atom stereocenters. The molecule has 2 rings (SSSR count). The number of aliphatic hydroxyl groups is 1. The van der Waals surface area contributed by atoms with Crippen LogP contribution in [0, 0.1) is 6.92 Å². The van der Waals surface area contributed by atoms with E-state index >= 15 is 0 Å². The van der Waals surface area contributed by atoms with E-state index in [4.69, 9.17) is 9.52 Å². The minimum Gasteiger partial charge on any atom is -0.441 e. The van der Waals surface area contributed by atoms with Crippen molar-refractivity contribution in [1.29, 1.82) is 0 Å². The van der Waals surface area contributed by atoms with E-state index < -0.39 is 0 Å². The second-order valence-corrected chi connectivity index (χ2v) is 3.81. The Morgan fingerprint density at radius 1 is 1.50 bits per heavy atom.